The highest BCUT2D eigenvalue weighted by molar-refractivity contribution is 5.71. The topological polar surface area (TPSA) is 58.7 Å². The minimum Gasteiger partial charge on any atom is -0.501 e. The third kappa shape index (κ3) is 3.06. The molecule has 4 nitrogen and oxygen atoms in total. The van der Waals surface area contributed by atoms with Gasteiger partial charge in [-0.25, -0.2) is 0 Å². The fourth-order valence-corrected chi connectivity index (χ4v) is 3.14. The van der Waals surface area contributed by atoms with E-state index in [0.29, 0.717) is 6.54 Å². The Morgan fingerprint density at radius 1 is 1.43 bits per heavy atom. The zero-order valence-electron chi connectivity index (χ0n) is 12.8. The summed E-state index contributed by atoms with van der Waals surface area (Å²) >= 11 is 0. The summed E-state index contributed by atoms with van der Waals surface area (Å²) in [6.07, 6.45) is 4.80. The van der Waals surface area contributed by atoms with Gasteiger partial charge in [0, 0.05) is 18.7 Å². The summed E-state index contributed by atoms with van der Waals surface area (Å²) in [6, 6.07) is 6.48. The fourth-order valence-electron chi connectivity index (χ4n) is 3.14. The Kier molecular flexibility index (Phi) is 3.68. The van der Waals surface area contributed by atoms with Gasteiger partial charge in [-0.05, 0) is 55.5 Å². The third-order valence-corrected chi connectivity index (χ3v) is 4.08. The lowest BCUT2D eigenvalue weighted by molar-refractivity contribution is 0.0858. The molecule has 114 valence electrons. The molecular weight excluding hydrogens is 264 g/mol. The minimum absolute atomic E-state index is 0.0572. The average molecular weight is 288 g/mol. The number of β-amino-alcohol motifs (C(OH)–C–C–N with tert-alkyl or cyclic N) is 1. The van der Waals surface area contributed by atoms with Crippen LogP contribution in [0.5, 0.6) is 0 Å². The van der Waals surface area contributed by atoms with Gasteiger partial charge in [0.15, 0.2) is 0 Å². The van der Waals surface area contributed by atoms with Crippen LogP contribution < -0.4 is 10.6 Å². The molecule has 3 rings (SSSR count). The zero-order chi connectivity index (χ0) is 15.0. The van der Waals surface area contributed by atoms with Crippen LogP contribution in [0.25, 0.3) is 5.57 Å². The van der Waals surface area contributed by atoms with Crippen LogP contribution >= 0.6 is 0 Å². The molecule has 4 heteroatoms. The molecule has 1 atom stereocenters. The summed E-state index contributed by atoms with van der Waals surface area (Å²) in [5, 5.41) is 10.1. The largest absolute Gasteiger partial charge is 0.501 e. The number of rotatable bonds is 3. The van der Waals surface area contributed by atoms with E-state index in [0.717, 1.165) is 31.6 Å². The lowest BCUT2D eigenvalue weighted by Gasteiger charge is -2.31. The van der Waals surface area contributed by atoms with E-state index in [2.05, 4.69) is 23.1 Å². The van der Waals surface area contributed by atoms with Crippen LogP contribution in [0.15, 0.2) is 24.5 Å². The number of fused-ring (bicyclic) bond motifs is 1. The molecule has 1 unspecified atom stereocenters. The van der Waals surface area contributed by atoms with E-state index >= 15 is 0 Å². The summed E-state index contributed by atoms with van der Waals surface area (Å²) in [5.74, 6) is 0. The van der Waals surface area contributed by atoms with Crippen LogP contribution in [-0.4, -0.2) is 30.0 Å². The van der Waals surface area contributed by atoms with Gasteiger partial charge in [-0.3, -0.25) is 0 Å². The van der Waals surface area contributed by atoms with Crippen molar-refractivity contribution in [3.63, 3.8) is 0 Å². The molecule has 0 fully saturated rings. The molecule has 0 aliphatic carbocycles. The molecule has 21 heavy (non-hydrogen) atoms. The second-order valence-electron chi connectivity index (χ2n) is 6.67. The number of ether oxygens (including phenoxy) is 1. The van der Waals surface area contributed by atoms with Gasteiger partial charge in [-0.1, -0.05) is 6.07 Å². The van der Waals surface area contributed by atoms with E-state index in [9.17, 15) is 5.11 Å². The monoisotopic (exact) mass is 288 g/mol. The number of nitrogens with zero attached hydrogens (tertiary/aromatic N) is 1. The molecule has 2 aliphatic rings. The molecule has 0 aromatic heterocycles. The van der Waals surface area contributed by atoms with E-state index in [1.54, 1.807) is 0 Å². The highest BCUT2D eigenvalue weighted by Gasteiger charge is 2.30. The second-order valence-corrected chi connectivity index (χ2v) is 6.67. The number of hydrogen-bond donors (Lipinski definition) is 2. The van der Waals surface area contributed by atoms with E-state index in [-0.39, 0.29) is 6.17 Å². The smallest absolute Gasteiger partial charge is 0.0876 e. The summed E-state index contributed by atoms with van der Waals surface area (Å²) < 4.78 is 5.43. The molecule has 3 N–H and O–H groups in total. The highest BCUT2D eigenvalue weighted by Crippen LogP contribution is 2.35. The van der Waals surface area contributed by atoms with Crippen molar-refractivity contribution in [2.24, 2.45) is 5.73 Å². The number of nitrogens with two attached hydrogens (primary N) is 1. The molecule has 0 radical (unpaired) electrons. The van der Waals surface area contributed by atoms with Gasteiger partial charge >= 0.3 is 0 Å². The van der Waals surface area contributed by atoms with Crippen molar-refractivity contribution in [1.82, 2.24) is 0 Å². The fraction of sp³-hybridized carbons (Fsp3) is 0.529. The van der Waals surface area contributed by atoms with Crippen molar-refractivity contribution < 1.29 is 9.84 Å². The maximum absolute atomic E-state index is 10.1. The molecule has 2 heterocycles. The van der Waals surface area contributed by atoms with Crippen LogP contribution in [0.4, 0.5) is 5.69 Å². The van der Waals surface area contributed by atoms with Crippen molar-refractivity contribution in [2.75, 3.05) is 18.1 Å². The second kappa shape index (κ2) is 5.35. The van der Waals surface area contributed by atoms with Crippen LogP contribution in [0.1, 0.15) is 37.8 Å². The Morgan fingerprint density at radius 2 is 2.24 bits per heavy atom. The number of anilines is 1. The maximum Gasteiger partial charge on any atom is 0.0876 e. The van der Waals surface area contributed by atoms with Crippen LogP contribution in [0, 0.1) is 0 Å². The molecule has 0 amide bonds. The first-order valence-corrected chi connectivity index (χ1v) is 7.62. The minimum atomic E-state index is -0.752. The van der Waals surface area contributed by atoms with Gasteiger partial charge < -0.3 is 20.5 Å². The summed E-state index contributed by atoms with van der Waals surface area (Å²) in [6.45, 7) is 5.00. The van der Waals surface area contributed by atoms with Gasteiger partial charge in [0.05, 0.1) is 24.6 Å². The lowest BCUT2D eigenvalue weighted by Crippen LogP contribution is -2.46. The summed E-state index contributed by atoms with van der Waals surface area (Å²) in [5.41, 5.74) is 10.4. The SMILES string of the molecule is CC(C)(O)CN1c2ccc(C3=COCCC3)cc2CC1N. The van der Waals surface area contributed by atoms with Crippen LogP contribution in [-0.2, 0) is 11.2 Å². The molecule has 1 aromatic rings. The molecule has 1 aromatic carbocycles. The predicted octanol–water partition coefficient (Wildman–Crippen LogP) is 2.26. The van der Waals surface area contributed by atoms with Crippen LogP contribution in [0.2, 0.25) is 0 Å². The number of hydrogen-bond acceptors (Lipinski definition) is 4. The lowest BCUT2D eigenvalue weighted by atomic mass is 9.98. The molecular formula is C17H24N2O2. The highest BCUT2D eigenvalue weighted by atomic mass is 16.5. The first-order chi connectivity index (χ1) is 9.94. The van der Waals surface area contributed by atoms with Crippen molar-refractivity contribution in [3.8, 4) is 0 Å². The molecule has 0 saturated heterocycles. The Labute approximate surface area is 126 Å². The van der Waals surface area contributed by atoms with Gasteiger partial charge in [0.2, 0.25) is 0 Å². The molecule has 0 saturated carbocycles. The van der Waals surface area contributed by atoms with Crippen molar-refractivity contribution in [1.29, 1.82) is 0 Å². The average Bonchev–Trinajstić information content (AvgIpc) is 2.74. The van der Waals surface area contributed by atoms with Crippen LogP contribution in [0.3, 0.4) is 0 Å². The molecule has 2 aliphatic heterocycles. The van der Waals surface area contributed by atoms with Gasteiger partial charge in [0.1, 0.15) is 0 Å². The Hall–Kier alpha value is -1.52. The number of benzene rings is 1. The Balaban J connectivity index is 1.87. The Bertz CT molecular complexity index is 560. The maximum atomic E-state index is 10.1. The predicted molar refractivity (Wildman–Crippen MR) is 84.9 cm³/mol. The van der Waals surface area contributed by atoms with Crippen molar-refractivity contribution in [3.05, 3.63) is 35.6 Å². The van der Waals surface area contributed by atoms with Gasteiger partial charge in [-0.15, -0.1) is 0 Å². The van der Waals surface area contributed by atoms with Crippen molar-refractivity contribution >= 4 is 11.3 Å². The van der Waals surface area contributed by atoms with Gasteiger partial charge in [-0.2, -0.15) is 0 Å². The normalized spacial score (nSPS) is 21.8. The van der Waals surface area contributed by atoms with E-state index in [1.165, 1.54) is 16.7 Å². The van der Waals surface area contributed by atoms with Crippen molar-refractivity contribution in [2.45, 2.75) is 44.9 Å². The van der Waals surface area contributed by atoms with E-state index in [1.807, 2.05) is 20.1 Å². The third-order valence-electron chi connectivity index (χ3n) is 4.08. The quantitative estimate of drug-likeness (QED) is 0.895. The first kappa shape index (κ1) is 14.4. The first-order valence-electron chi connectivity index (χ1n) is 7.62. The molecule has 0 bridgehead atoms. The van der Waals surface area contributed by atoms with E-state index < -0.39 is 5.60 Å². The summed E-state index contributed by atoms with van der Waals surface area (Å²) in [7, 11) is 0. The van der Waals surface area contributed by atoms with E-state index in [4.69, 9.17) is 10.5 Å². The summed E-state index contributed by atoms with van der Waals surface area (Å²) in [4.78, 5) is 2.10. The standard InChI is InChI=1S/C17H24N2O2/c1-17(2,20)11-19-15-6-5-12(8-14(15)9-16(19)18)13-4-3-7-21-10-13/h5-6,8,10,16,20H,3-4,7,9,11,18H2,1-2H3. The zero-order valence-corrected chi connectivity index (χ0v) is 12.8. The molecule has 0 spiro atoms. The Morgan fingerprint density at radius 3 is 2.90 bits per heavy atom. The number of allylic oxidation sites excluding steroid dienone is 1. The number of aliphatic hydroxyl groups is 1. The van der Waals surface area contributed by atoms with Gasteiger partial charge in [0.25, 0.3) is 0 Å².